The van der Waals surface area contributed by atoms with Gasteiger partial charge in [-0.2, -0.15) is 0 Å². The Morgan fingerprint density at radius 1 is 1.14 bits per heavy atom. The lowest BCUT2D eigenvalue weighted by Crippen LogP contribution is -2.51. The minimum absolute atomic E-state index is 0.0169. The number of fused-ring (bicyclic) bond motifs is 1. The first kappa shape index (κ1) is 19.2. The number of ether oxygens (including phenoxy) is 1. The van der Waals surface area contributed by atoms with Crippen molar-refractivity contribution in [2.75, 3.05) is 31.6 Å². The topological polar surface area (TPSA) is 65.6 Å². The number of nitrogens with one attached hydrogen (secondary N) is 1. The van der Waals surface area contributed by atoms with E-state index in [9.17, 15) is 9.59 Å². The molecule has 0 aliphatic carbocycles. The zero-order valence-corrected chi connectivity index (χ0v) is 16.7. The Morgan fingerprint density at radius 2 is 1.90 bits per heavy atom. The highest BCUT2D eigenvalue weighted by atomic mass is 16.5. The molecular formula is C23H25N3O3. The maximum absolute atomic E-state index is 12.5. The van der Waals surface area contributed by atoms with Gasteiger partial charge in [-0.1, -0.05) is 18.2 Å². The number of methoxy groups -OCH3 is 1. The molecule has 1 atom stereocenters. The van der Waals surface area contributed by atoms with E-state index in [4.69, 9.17) is 4.74 Å². The van der Waals surface area contributed by atoms with Gasteiger partial charge in [-0.25, -0.2) is 4.79 Å². The number of anilines is 1. The summed E-state index contributed by atoms with van der Waals surface area (Å²) in [5.41, 5.74) is 3.30. The van der Waals surface area contributed by atoms with Crippen LogP contribution in [0, 0.1) is 0 Å². The third-order valence-corrected chi connectivity index (χ3v) is 5.62. The number of nitrogens with zero attached hydrogens (tertiary/aromatic N) is 2. The SMILES string of the molecule is COC(=O)c1ccc(N2CCN(Cc3cc4ccccc4[nH]c3=O)C(C)C2)cc1. The summed E-state index contributed by atoms with van der Waals surface area (Å²) < 4.78 is 4.76. The van der Waals surface area contributed by atoms with Crippen molar-refractivity contribution in [2.45, 2.75) is 19.5 Å². The number of carbonyl (C=O) groups is 1. The summed E-state index contributed by atoms with van der Waals surface area (Å²) >= 11 is 0. The van der Waals surface area contributed by atoms with Gasteiger partial charge in [0.25, 0.3) is 5.56 Å². The molecule has 150 valence electrons. The lowest BCUT2D eigenvalue weighted by molar-refractivity contribution is 0.0600. The van der Waals surface area contributed by atoms with Crippen molar-refractivity contribution in [1.82, 2.24) is 9.88 Å². The highest BCUT2D eigenvalue weighted by Crippen LogP contribution is 2.21. The molecule has 1 aliphatic rings. The average Bonchev–Trinajstić information content (AvgIpc) is 2.75. The van der Waals surface area contributed by atoms with Gasteiger partial charge in [0.15, 0.2) is 0 Å². The second-order valence-corrected chi connectivity index (χ2v) is 7.51. The molecule has 29 heavy (non-hydrogen) atoms. The maximum atomic E-state index is 12.5. The fraction of sp³-hybridized carbons (Fsp3) is 0.304. The number of aromatic nitrogens is 1. The van der Waals surface area contributed by atoms with Gasteiger partial charge >= 0.3 is 5.97 Å². The molecule has 1 fully saturated rings. The van der Waals surface area contributed by atoms with Crippen LogP contribution in [0.25, 0.3) is 10.9 Å². The average molecular weight is 391 g/mol. The molecule has 1 aliphatic heterocycles. The molecular weight excluding hydrogens is 366 g/mol. The van der Waals surface area contributed by atoms with Crippen LogP contribution < -0.4 is 10.5 Å². The van der Waals surface area contributed by atoms with E-state index in [0.29, 0.717) is 18.2 Å². The number of hydrogen-bond acceptors (Lipinski definition) is 5. The Labute approximate surface area is 169 Å². The predicted octanol–water partition coefficient (Wildman–Crippen LogP) is 3.03. The Kier molecular flexibility index (Phi) is 5.36. The van der Waals surface area contributed by atoms with Gasteiger partial charge in [-0.05, 0) is 48.7 Å². The molecule has 0 amide bonds. The molecule has 1 unspecified atom stereocenters. The minimum Gasteiger partial charge on any atom is -0.465 e. The lowest BCUT2D eigenvalue weighted by atomic mass is 10.1. The second kappa shape index (κ2) is 8.09. The maximum Gasteiger partial charge on any atom is 0.337 e. The molecule has 2 heterocycles. The molecule has 1 saturated heterocycles. The molecule has 3 aromatic rings. The van der Waals surface area contributed by atoms with Crippen LogP contribution >= 0.6 is 0 Å². The van der Waals surface area contributed by atoms with Crippen LogP contribution in [0.2, 0.25) is 0 Å². The van der Waals surface area contributed by atoms with Crippen LogP contribution in [0.15, 0.2) is 59.4 Å². The number of H-pyrrole nitrogens is 1. The lowest BCUT2D eigenvalue weighted by Gasteiger charge is -2.41. The number of piperazine rings is 1. The van der Waals surface area contributed by atoms with E-state index in [1.165, 1.54) is 7.11 Å². The van der Waals surface area contributed by atoms with E-state index in [1.54, 1.807) is 12.1 Å². The fourth-order valence-electron chi connectivity index (χ4n) is 3.92. The molecule has 2 aromatic carbocycles. The number of aromatic amines is 1. The Balaban J connectivity index is 1.45. The van der Waals surface area contributed by atoms with Crippen LogP contribution in [-0.2, 0) is 11.3 Å². The zero-order valence-electron chi connectivity index (χ0n) is 16.7. The van der Waals surface area contributed by atoms with Gasteiger partial charge in [0.05, 0.1) is 12.7 Å². The van der Waals surface area contributed by atoms with Crippen molar-refractivity contribution in [3.63, 3.8) is 0 Å². The Bertz CT molecular complexity index is 1070. The number of para-hydroxylation sites is 1. The quantitative estimate of drug-likeness (QED) is 0.693. The second-order valence-electron chi connectivity index (χ2n) is 7.51. The monoisotopic (exact) mass is 391 g/mol. The molecule has 6 heteroatoms. The van der Waals surface area contributed by atoms with Gasteiger partial charge in [0, 0.05) is 49.0 Å². The van der Waals surface area contributed by atoms with Crippen LogP contribution in [0.5, 0.6) is 0 Å². The zero-order chi connectivity index (χ0) is 20.4. The third-order valence-electron chi connectivity index (χ3n) is 5.62. The van der Waals surface area contributed by atoms with Crippen molar-refractivity contribution in [1.29, 1.82) is 0 Å². The van der Waals surface area contributed by atoms with E-state index in [0.717, 1.165) is 41.8 Å². The minimum atomic E-state index is -0.324. The number of rotatable bonds is 4. The Hall–Kier alpha value is -3.12. The first-order valence-corrected chi connectivity index (χ1v) is 9.83. The van der Waals surface area contributed by atoms with Gasteiger partial charge < -0.3 is 14.6 Å². The number of carbonyl (C=O) groups excluding carboxylic acids is 1. The number of esters is 1. The van der Waals surface area contributed by atoms with Gasteiger partial charge in [-0.15, -0.1) is 0 Å². The number of pyridine rings is 1. The third kappa shape index (κ3) is 4.03. The summed E-state index contributed by atoms with van der Waals surface area (Å²) in [5, 5.41) is 1.05. The van der Waals surface area contributed by atoms with E-state index in [-0.39, 0.29) is 11.5 Å². The molecule has 1 N–H and O–H groups in total. The van der Waals surface area contributed by atoms with Crippen LogP contribution in [-0.4, -0.2) is 48.6 Å². The van der Waals surface area contributed by atoms with Gasteiger partial charge in [0.2, 0.25) is 0 Å². The highest BCUT2D eigenvalue weighted by molar-refractivity contribution is 5.89. The van der Waals surface area contributed by atoms with Crippen molar-refractivity contribution >= 4 is 22.6 Å². The van der Waals surface area contributed by atoms with Crippen LogP contribution in [0.3, 0.4) is 0 Å². The molecule has 4 rings (SSSR count). The van der Waals surface area contributed by atoms with Crippen LogP contribution in [0.4, 0.5) is 5.69 Å². The van der Waals surface area contributed by atoms with Gasteiger partial charge in [-0.3, -0.25) is 9.69 Å². The normalized spacial score (nSPS) is 17.4. The summed E-state index contributed by atoms with van der Waals surface area (Å²) in [4.78, 5) is 31.7. The summed E-state index contributed by atoms with van der Waals surface area (Å²) in [5.74, 6) is -0.324. The highest BCUT2D eigenvalue weighted by Gasteiger charge is 2.24. The van der Waals surface area contributed by atoms with E-state index in [2.05, 4.69) is 21.7 Å². The number of benzene rings is 2. The standard InChI is InChI=1S/C23H25N3O3/c1-16-14-26(20-9-7-17(8-10-20)23(28)29-2)12-11-25(16)15-19-13-18-5-3-4-6-21(18)24-22(19)27/h3-10,13,16H,11-12,14-15H2,1-2H3,(H,24,27). The summed E-state index contributed by atoms with van der Waals surface area (Å²) in [6.45, 7) is 5.42. The molecule has 0 radical (unpaired) electrons. The van der Waals surface area contributed by atoms with Gasteiger partial charge in [0.1, 0.15) is 0 Å². The fourth-order valence-corrected chi connectivity index (χ4v) is 3.92. The largest absolute Gasteiger partial charge is 0.465 e. The van der Waals surface area contributed by atoms with E-state index in [1.807, 2.05) is 42.5 Å². The smallest absolute Gasteiger partial charge is 0.337 e. The first-order valence-electron chi connectivity index (χ1n) is 9.83. The summed E-state index contributed by atoms with van der Waals surface area (Å²) in [7, 11) is 1.39. The van der Waals surface area contributed by atoms with Crippen molar-refractivity contribution in [2.24, 2.45) is 0 Å². The van der Waals surface area contributed by atoms with E-state index >= 15 is 0 Å². The molecule has 6 nitrogen and oxygen atoms in total. The van der Waals surface area contributed by atoms with Crippen molar-refractivity contribution in [3.05, 3.63) is 76.1 Å². The Morgan fingerprint density at radius 3 is 2.62 bits per heavy atom. The predicted molar refractivity (Wildman–Crippen MR) is 114 cm³/mol. The number of hydrogen-bond donors (Lipinski definition) is 1. The van der Waals surface area contributed by atoms with Crippen molar-refractivity contribution in [3.8, 4) is 0 Å². The first-order chi connectivity index (χ1) is 14.0. The summed E-state index contributed by atoms with van der Waals surface area (Å²) in [6.07, 6.45) is 0. The van der Waals surface area contributed by atoms with Crippen molar-refractivity contribution < 1.29 is 9.53 Å². The molecule has 0 spiro atoms. The molecule has 0 saturated carbocycles. The van der Waals surface area contributed by atoms with Crippen LogP contribution in [0.1, 0.15) is 22.8 Å². The molecule has 0 bridgehead atoms. The van der Waals surface area contributed by atoms with E-state index < -0.39 is 0 Å². The summed E-state index contributed by atoms with van der Waals surface area (Å²) in [6, 6.07) is 17.7. The molecule has 1 aromatic heterocycles.